The number of rotatable bonds is 56. The van der Waals surface area contributed by atoms with Crippen LogP contribution in [0.1, 0.15) is 354 Å². The lowest BCUT2D eigenvalue weighted by molar-refractivity contribution is -0.155. The molecule has 420 valence electrons. The molecule has 1 unspecified atom stereocenters. The van der Waals surface area contributed by atoms with Gasteiger partial charge in [-0.2, -0.15) is 0 Å². The zero-order valence-electron chi connectivity index (χ0n) is 47.8. The number of cyclic esters (lactones) is 2. The molecule has 0 aromatic rings. The molecule has 0 aromatic carbocycles. The number of carbonyl (C=O) groups excluding carboxylic acids is 2. The van der Waals surface area contributed by atoms with Gasteiger partial charge in [0.1, 0.15) is 13.2 Å². The van der Waals surface area contributed by atoms with Crippen molar-refractivity contribution in [3.8, 4) is 0 Å². The molecular weight excluding hydrogens is 877 g/mol. The van der Waals surface area contributed by atoms with E-state index in [1.54, 1.807) is 0 Å². The van der Waals surface area contributed by atoms with E-state index in [-0.39, 0.29) is 19.6 Å². The number of ether oxygens (including phenoxy) is 2. The highest BCUT2D eigenvalue weighted by molar-refractivity contribution is 5.80. The van der Waals surface area contributed by atoms with Crippen LogP contribution in [-0.4, -0.2) is 48.6 Å². The van der Waals surface area contributed by atoms with Gasteiger partial charge >= 0.3 is 11.9 Å². The van der Waals surface area contributed by atoms with Gasteiger partial charge in [-0.1, -0.05) is 327 Å². The van der Waals surface area contributed by atoms with Crippen molar-refractivity contribution in [3.05, 3.63) is 12.2 Å². The largest absolute Gasteiger partial charge is 0.465 e. The Morgan fingerprint density at radius 1 is 0.366 bits per heavy atom. The topological polar surface area (TPSA) is 93.1 Å². The molecule has 6 heteroatoms. The number of esters is 2. The van der Waals surface area contributed by atoms with Crippen LogP contribution in [0.25, 0.3) is 0 Å². The van der Waals surface area contributed by atoms with Crippen molar-refractivity contribution >= 4 is 11.9 Å². The third kappa shape index (κ3) is 46.8. The van der Waals surface area contributed by atoms with Crippen molar-refractivity contribution in [1.82, 2.24) is 0 Å². The molecule has 6 nitrogen and oxygen atoms in total. The van der Waals surface area contributed by atoms with Crippen molar-refractivity contribution in [1.29, 1.82) is 0 Å². The van der Waals surface area contributed by atoms with E-state index in [2.05, 4.69) is 19.1 Å². The van der Waals surface area contributed by atoms with Gasteiger partial charge in [0.15, 0.2) is 0 Å². The van der Waals surface area contributed by atoms with Gasteiger partial charge in [-0.3, -0.25) is 9.59 Å². The molecule has 0 amide bonds. The number of hydrogen-bond acceptors (Lipinski definition) is 6. The lowest BCUT2D eigenvalue weighted by atomic mass is 9.92. The SMILES string of the molecule is CCCCCCCCCCCCC/C=C/CCCCCCCCCCCCCCCCCCCCCCCCCCCCCCCCCCCCCCCCCC1CC(=O)OCC(CO)(CO)COC1=O. The fourth-order valence-electron chi connectivity index (χ4n) is 10.8. The van der Waals surface area contributed by atoms with Gasteiger partial charge < -0.3 is 19.7 Å². The van der Waals surface area contributed by atoms with E-state index in [0.29, 0.717) is 6.42 Å². The van der Waals surface area contributed by atoms with Crippen LogP contribution in [0.3, 0.4) is 0 Å². The molecule has 1 rings (SSSR count). The summed E-state index contributed by atoms with van der Waals surface area (Å²) in [4.78, 5) is 24.7. The lowest BCUT2D eigenvalue weighted by Crippen LogP contribution is -2.40. The number of carbonyl (C=O) groups is 2. The molecule has 0 aliphatic carbocycles. The molecule has 0 saturated carbocycles. The van der Waals surface area contributed by atoms with Crippen molar-refractivity contribution in [2.45, 2.75) is 354 Å². The van der Waals surface area contributed by atoms with Gasteiger partial charge in [-0.05, 0) is 32.1 Å². The maximum Gasteiger partial charge on any atom is 0.309 e. The Kier molecular flexibility index (Phi) is 52.2. The molecular formula is C65H124O6. The smallest absolute Gasteiger partial charge is 0.309 e. The summed E-state index contributed by atoms with van der Waals surface area (Å²) in [6.45, 7) is 1.21. The lowest BCUT2D eigenvalue weighted by Gasteiger charge is -2.27. The Labute approximate surface area is 443 Å². The molecule has 0 bridgehead atoms. The number of allylic oxidation sites excluding steroid dienone is 2. The minimum absolute atomic E-state index is 0.00507. The van der Waals surface area contributed by atoms with E-state index in [9.17, 15) is 19.8 Å². The molecule has 1 saturated heterocycles. The highest BCUT2D eigenvalue weighted by Gasteiger charge is 2.36. The van der Waals surface area contributed by atoms with E-state index < -0.39 is 36.5 Å². The number of unbranched alkanes of at least 4 members (excludes halogenated alkanes) is 50. The summed E-state index contributed by atoms with van der Waals surface area (Å²) < 4.78 is 10.6. The van der Waals surface area contributed by atoms with Crippen LogP contribution in [-0.2, 0) is 19.1 Å². The third-order valence-electron chi connectivity index (χ3n) is 16.0. The van der Waals surface area contributed by atoms with Gasteiger partial charge in [0, 0.05) is 0 Å². The first-order chi connectivity index (χ1) is 35.1. The van der Waals surface area contributed by atoms with Crippen LogP contribution < -0.4 is 0 Å². The minimum atomic E-state index is -1.12. The third-order valence-corrected chi connectivity index (χ3v) is 16.0. The number of hydrogen-bond donors (Lipinski definition) is 2. The number of aliphatic hydroxyl groups is 2. The molecule has 71 heavy (non-hydrogen) atoms. The average Bonchev–Trinajstić information content (AvgIpc) is 3.44. The predicted molar refractivity (Wildman–Crippen MR) is 306 cm³/mol. The quantitative estimate of drug-likeness (QED) is 0.0358. The highest BCUT2D eigenvalue weighted by Crippen LogP contribution is 2.25. The normalized spacial score (nSPS) is 15.3. The van der Waals surface area contributed by atoms with E-state index in [1.807, 2.05) is 0 Å². The molecule has 2 N–H and O–H groups in total. The Hall–Kier alpha value is -1.40. The fraction of sp³-hybridized carbons (Fsp3) is 0.938. The molecule has 1 aliphatic rings. The second-order valence-corrected chi connectivity index (χ2v) is 23.1. The molecule has 1 heterocycles. The van der Waals surface area contributed by atoms with Crippen LogP contribution in [0.2, 0.25) is 0 Å². The standard InChI is InChI=1S/C65H124O6/c1-2-3-4-5-6-7-8-9-10-11-12-13-14-15-16-17-18-19-20-21-22-23-24-25-26-27-28-29-30-31-32-33-34-35-36-37-38-39-40-41-42-43-44-45-46-47-48-49-50-51-52-53-54-55-56-62-57-63(68)70-60-65(58-66,59-67)61-71-64(62)69/h14-15,62,66-67H,2-13,16-61H2,1H3/b15-14+. The number of aliphatic hydroxyl groups excluding tert-OH is 2. The maximum absolute atomic E-state index is 12.5. The van der Waals surface area contributed by atoms with Crippen LogP contribution in [0.5, 0.6) is 0 Å². The van der Waals surface area contributed by atoms with Crippen LogP contribution in [0.15, 0.2) is 12.2 Å². The highest BCUT2D eigenvalue weighted by atomic mass is 16.6. The van der Waals surface area contributed by atoms with E-state index in [0.717, 1.165) is 19.3 Å². The van der Waals surface area contributed by atoms with Crippen molar-refractivity contribution in [2.24, 2.45) is 11.3 Å². The Balaban J connectivity index is 1.67. The molecule has 1 aliphatic heterocycles. The van der Waals surface area contributed by atoms with Gasteiger partial charge in [-0.15, -0.1) is 0 Å². The first-order valence-electron chi connectivity index (χ1n) is 32.3. The first kappa shape index (κ1) is 67.6. The van der Waals surface area contributed by atoms with Gasteiger partial charge in [-0.25, -0.2) is 0 Å². The summed E-state index contributed by atoms with van der Waals surface area (Å²) in [5.41, 5.74) is -1.12. The molecule has 1 atom stereocenters. The van der Waals surface area contributed by atoms with Crippen LogP contribution >= 0.6 is 0 Å². The molecule has 0 radical (unpaired) electrons. The van der Waals surface area contributed by atoms with Crippen molar-refractivity contribution in [3.63, 3.8) is 0 Å². The zero-order valence-corrected chi connectivity index (χ0v) is 47.8. The van der Waals surface area contributed by atoms with Crippen molar-refractivity contribution in [2.75, 3.05) is 26.4 Å². The maximum atomic E-state index is 12.5. The Morgan fingerprint density at radius 3 is 0.873 bits per heavy atom. The fourth-order valence-corrected chi connectivity index (χ4v) is 10.8. The van der Waals surface area contributed by atoms with E-state index >= 15 is 0 Å². The van der Waals surface area contributed by atoms with Gasteiger partial charge in [0.25, 0.3) is 0 Å². The molecule has 1 fully saturated rings. The Bertz CT molecular complexity index is 1120. The molecule has 0 aromatic heterocycles. The van der Waals surface area contributed by atoms with Gasteiger partial charge in [0.2, 0.25) is 0 Å². The Morgan fingerprint density at radius 2 is 0.606 bits per heavy atom. The van der Waals surface area contributed by atoms with E-state index in [1.165, 1.54) is 315 Å². The first-order valence-corrected chi connectivity index (χ1v) is 32.3. The van der Waals surface area contributed by atoms with Crippen LogP contribution in [0.4, 0.5) is 0 Å². The average molecular weight is 1000 g/mol. The summed E-state index contributed by atoms with van der Waals surface area (Å²) in [5.74, 6) is -1.40. The summed E-state index contributed by atoms with van der Waals surface area (Å²) in [6.07, 6.45) is 78.7. The summed E-state index contributed by atoms with van der Waals surface area (Å²) in [7, 11) is 0. The second-order valence-electron chi connectivity index (χ2n) is 23.1. The summed E-state index contributed by atoms with van der Waals surface area (Å²) in [6, 6.07) is 0. The van der Waals surface area contributed by atoms with Crippen molar-refractivity contribution < 1.29 is 29.3 Å². The van der Waals surface area contributed by atoms with Gasteiger partial charge in [0.05, 0.1) is 31.0 Å². The molecule has 0 spiro atoms. The summed E-state index contributed by atoms with van der Waals surface area (Å²) >= 11 is 0. The second kappa shape index (κ2) is 54.8. The predicted octanol–water partition coefficient (Wildman–Crippen LogP) is 20.3. The zero-order chi connectivity index (χ0) is 51.1. The van der Waals surface area contributed by atoms with Crippen LogP contribution in [0, 0.1) is 11.3 Å². The monoisotopic (exact) mass is 1000 g/mol. The summed E-state index contributed by atoms with van der Waals surface area (Å²) in [5, 5.41) is 19.2. The minimum Gasteiger partial charge on any atom is -0.465 e. The van der Waals surface area contributed by atoms with E-state index in [4.69, 9.17) is 9.47 Å².